The lowest BCUT2D eigenvalue weighted by molar-refractivity contribution is 0.102. The van der Waals surface area contributed by atoms with Crippen LogP contribution < -0.4 is 5.32 Å². The van der Waals surface area contributed by atoms with E-state index in [0.717, 1.165) is 22.7 Å². The van der Waals surface area contributed by atoms with Crippen molar-refractivity contribution in [3.05, 3.63) is 65.9 Å². The lowest BCUT2D eigenvalue weighted by atomic mass is 10.1. The molecule has 0 radical (unpaired) electrons. The normalized spacial score (nSPS) is 11.4. The van der Waals surface area contributed by atoms with Crippen molar-refractivity contribution in [3.8, 4) is 0 Å². The second kappa shape index (κ2) is 6.05. The van der Waals surface area contributed by atoms with Crippen LogP contribution in [-0.4, -0.2) is 25.6 Å². The molecule has 5 nitrogen and oxygen atoms in total. The molecule has 0 fully saturated rings. The van der Waals surface area contributed by atoms with Crippen molar-refractivity contribution in [2.24, 2.45) is 0 Å². The predicted octanol–water partition coefficient (Wildman–Crippen LogP) is 3.20. The van der Waals surface area contributed by atoms with E-state index in [1.54, 1.807) is 30.5 Å². The van der Waals surface area contributed by atoms with Crippen molar-refractivity contribution in [2.75, 3.05) is 11.6 Å². The lowest BCUT2D eigenvalue weighted by Crippen LogP contribution is -2.14. The minimum atomic E-state index is -3.34. The van der Waals surface area contributed by atoms with Gasteiger partial charge in [-0.1, -0.05) is 18.2 Å². The molecule has 0 saturated carbocycles. The fourth-order valence-corrected chi connectivity index (χ4v) is 3.10. The molecule has 1 aromatic heterocycles. The number of aromatic nitrogens is 1. The van der Waals surface area contributed by atoms with E-state index in [9.17, 15) is 13.2 Å². The number of anilines is 1. The minimum Gasteiger partial charge on any atom is -0.322 e. The Balaban J connectivity index is 2.01. The Kier molecular flexibility index (Phi) is 4.07. The number of fused-ring (bicyclic) bond motifs is 1. The van der Waals surface area contributed by atoms with E-state index in [1.165, 1.54) is 12.1 Å². The van der Waals surface area contributed by atoms with E-state index in [1.807, 2.05) is 19.1 Å². The number of carbonyl (C=O) groups excluding carboxylic acids is 1. The average molecular weight is 340 g/mol. The summed E-state index contributed by atoms with van der Waals surface area (Å²) >= 11 is 0. The van der Waals surface area contributed by atoms with Crippen LogP contribution in [0.1, 0.15) is 15.9 Å². The Bertz CT molecular complexity index is 1040. The van der Waals surface area contributed by atoms with Gasteiger partial charge in [0.1, 0.15) is 0 Å². The Morgan fingerprint density at radius 2 is 1.88 bits per heavy atom. The molecular weight excluding hydrogens is 324 g/mol. The van der Waals surface area contributed by atoms with Gasteiger partial charge in [0.05, 0.1) is 10.4 Å². The third-order valence-corrected chi connectivity index (χ3v) is 4.89. The average Bonchev–Trinajstić information content (AvgIpc) is 2.55. The van der Waals surface area contributed by atoms with Gasteiger partial charge in [0.2, 0.25) is 0 Å². The summed E-state index contributed by atoms with van der Waals surface area (Å²) in [6.45, 7) is 1.81. The highest BCUT2D eigenvalue weighted by Gasteiger charge is 2.14. The summed E-state index contributed by atoms with van der Waals surface area (Å²) in [7, 11) is -3.34. The third kappa shape index (κ3) is 3.14. The van der Waals surface area contributed by atoms with E-state index in [4.69, 9.17) is 0 Å². The van der Waals surface area contributed by atoms with E-state index in [0.29, 0.717) is 11.3 Å². The molecule has 122 valence electrons. The van der Waals surface area contributed by atoms with Crippen molar-refractivity contribution in [2.45, 2.75) is 11.8 Å². The zero-order valence-electron chi connectivity index (χ0n) is 13.3. The number of sulfone groups is 1. The Morgan fingerprint density at radius 1 is 1.08 bits per heavy atom. The smallest absolute Gasteiger partial charge is 0.256 e. The van der Waals surface area contributed by atoms with E-state index < -0.39 is 9.84 Å². The number of nitrogens with zero attached hydrogens (tertiary/aromatic N) is 1. The topological polar surface area (TPSA) is 76.1 Å². The highest BCUT2D eigenvalue weighted by molar-refractivity contribution is 7.90. The van der Waals surface area contributed by atoms with Crippen molar-refractivity contribution in [3.63, 3.8) is 0 Å². The number of amides is 1. The molecule has 6 heteroatoms. The van der Waals surface area contributed by atoms with Crippen LogP contribution in [0.15, 0.2) is 59.6 Å². The molecule has 1 amide bonds. The van der Waals surface area contributed by atoms with Crippen LogP contribution >= 0.6 is 0 Å². The van der Waals surface area contributed by atoms with Crippen LogP contribution in [0.2, 0.25) is 0 Å². The lowest BCUT2D eigenvalue weighted by Gasteiger charge is -2.11. The van der Waals surface area contributed by atoms with Gasteiger partial charge in [0, 0.05) is 29.1 Å². The first kappa shape index (κ1) is 16.1. The molecule has 0 spiro atoms. The maximum absolute atomic E-state index is 12.7. The fraction of sp³-hybridized carbons (Fsp3) is 0.111. The largest absolute Gasteiger partial charge is 0.322 e. The van der Waals surface area contributed by atoms with Gasteiger partial charge >= 0.3 is 0 Å². The van der Waals surface area contributed by atoms with Gasteiger partial charge in [0.15, 0.2) is 9.84 Å². The number of aryl methyl sites for hydroxylation is 1. The van der Waals surface area contributed by atoms with E-state index >= 15 is 0 Å². The quantitative estimate of drug-likeness (QED) is 0.794. The number of benzene rings is 2. The number of pyridine rings is 1. The third-order valence-electron chi connectivity index (χ3n) is 3.78. The predicted molar refractivity (Wildman–Crippen MR) is 94.0 cm³/mol. The number of nitrogens with one attached hydrogen (secondary N) is 1. The molecule has 3 rings (SSSR count). The minimum absolute atomic E-state index is 0.169. The first-order valence-corrected chi connectivity index (χ1v) is 9.21. The number of hydrogen-bond donors (Lipinski definition) is 1. The van der Waals surface area contributed by atoms with Crippen molar-refractivity contribution >= 4 is 32.3 Å². The van der Waals surface area contributed by atoms with Gasteiger partial charge in [-0.25, -0.2) is 8.42 Å². The molecule has 0 saturated heterocycles. The molecule has 0 aliphatic heterocycles. The van der Waals surface area contributed by atoms with Gasteiger partial charge in [0.25, 0.3) is 5.91 Å². The monoisotopic (exact) mass is 340 g/mol. The zero-order chi connectivity index (χ0) is 17.3. The highest BCUT2D eigenvalue weighted by atomic mass is 32.2. The number of carbonyl (C=O) groups is 1. The Hall–Kier alpha value is -2.73. The van der Waals surface area contributed by atoms with Gasteiger partial charge < -0.3 is 5.32 Å². The number of rotatable bonds is 3. The maximum atomic E-state index is 12.7. The molecular formula is C18H16N2O3S. The first-order valence-electron chi connectivity index (χ1n) is 7.32. The fourth-order valence-electron chi connectivity index (χ4n) is 2.46. The van der Waals surface area contributed by atoms with Gasteiger partial charge in [-0.05, 0) is 42.8 Å². The van der Waals surface area contributed by atoms with Crippen LogP contribution in [0, 0.1) is 6.92 Å². The summed E-state index contributed by atoms with van der Waals surface area (Å²) in [5.41, 5.74) is 2.48. The zero-order valence-corrected chi connectivity index (χ0v) is 14.1. The molecule has 3 aromatic rings. The van der Waals surface area contributed by atoms with Gasteiger partial charge in [-0.15, -0.1) is 0 Å². The molecule has 1 heterocycles. The number of hydrogen-bond acceptors (Lipinski definition) is 4. The van der Waals surface area contributed by atoms with E-state index in [-0.39, 0.29) is 10.8 Å². The molecule has 0 atom stereocenters. The van der Waals surface area contributed by atoms with Crippen molar-refractivity contribution in [1.29, 1.82) is 0 Å². The van der Waals surface area contributed by atoms with Crippen LogP contribution in [0.3, 0.4) is 0 Å². The van der Waals surface area contributed by atoms with Gasteiger partial charge in [-0.2, -0.15) is 0 Å². The summed E-state index contributed by atoms with van der Waals surface area (Å²) in [5.74, 6) is -0.303. The van der Waals surface area contributed by atoms with E-state index in [2.05, 4.69) is 10.3 Å². The molecule has 0 aliphatic carbocycles. The Morgan fingerprint density at radius 3 is 2.62 bits per heavy atom. The SMILES string of the molecule is Cc1ccc(S(C)(=O)=O)cc1NC(=O)c1cccc2ncccc12. The molecule has 2 aromatic carbocycles. The molecule has 0 aliphatic rings. The molecule has 0 bridgehead atoms. The van der Waals surface area contributed by atoms with Crippen LogP contribution in [0.25, 0.3) is 10.9 Å². The van der Waals surface area contributed by atoms with Crippen molar-refractivity contribution in [1.82, 2.24) is 4.98 Å². The highest BCUT2D eigenvalue weighted by Crippen LogP contribution is 2.23. The summed E-state index contributed by atoms with van der Waals surface area (Å²) in [6, 6.07) is 13.6. The van der Waals surface area contributed by atoms with Crippen LogP contribution in [0.5, 0.6) is 0 Å². The molecule has 24 heavy (non-hydrogen) atoms. The second-order valence-corrected chi connectivity index (χ2v) is 7.59. The van der Waals surface area contributed by atoms with Crippen LogP contribution in [-0.2, 0) is 9.84 Å². The maximum Gasteiger partial charge on any atom is 0.256 e. The summed E-state index contributed by atoms with van der Waals surface area (Å²) in [6.07, 6.45) is 2.81. The summed E-state index contributed by atoms with van der Waals surface area (Å²) in [4.78, 5) is 17.1. The first-order chi connectivity index (χ1) is 11.4. The summed E-state index contributed by atoms with van der Waals surface area (Å²) < 4.78 is 23.4. The standard InChI is InChI=1S/C18H16N2O3S/c1-12-8-9-13(24(2,22)23)11-17(12)20-18(21)15-5-3-7-16-14(15)6-4-10-19-16/h3-11H,1-2H3,(H,20,21). The summed E-state index contributed by atoms with van der Waals surface area (Å²) in [5, 5.41) is 3.54. The van der Waals surface area contributed by atoms with Gasteiger partial charge in [-0.3, -0.25) is 9.78 Å². The molecule has 0 unspecified atom stereocenters. The Labute approximate surface area is 140 Å². The van der Waals surface area contributed by atoms with Crippen molar-refractivity contribution < 1.29 is 13.2 Å². The van der Waals surface area contributed by atoms with Crippen LogP contribution in [0.4, 0.5) is 5.69 Å². The second-order valence-electron chi connectivity index (χ2n) is 5.58. The molecule has 1 N–H and O–H groups in total.